The Morgan fingerprint density at radius 2 is 2.32 bits per heavy atom. The highest BCUT2D eigenvalue weighted by Gasteiger charge is 2.25. The molecule has 1 amide bonds. The Bertz CT molecular complexity index is 493. The minimum Gasteiger partial charge on any atom is -0.396 e. The van der Waals surface area contributed by atoms with Gasteiger partial charge in [-0.25, -0.2) is 4.39 Å². The standard InChI is InChI=1S/C14H18BrFN2O/c1-2-9-4-3-5-18(8-9)14(19)10-6-13(17)12(16)7-11(10)15/h6-7,9H,2-5,8,17H2,1H3. The van der Waals surface area contributed by atoms with E-state index in [1.807, 2.05) is 4.90 Å². The van der Waals surface area contributed by atoms with Gasteiger partial charge in [-0.05, 0) is 46.8 Å². The van der Waals surface area contributed by atoms with Crippen LogP contribution in [0.5, 0.6) is 0 Å². The number of benzene rings is 1. The van der Waals surface area contributed by atoms with Crippen LogP contribution < -0.4 is 5.73 Å². The quantitative estimate of drug-likeness (QED) is 0.845. The third-order valence-electron chi connectivity index (χ3n) is 3.70. The molecular weight excluding hydrogens is 311 g/mol. The smallest absolute Gasteiger partial charge is 0.255 e. The van der Waals surface area contributed by atoms with Crippen LogP contribution in [0, 0.1) is 11.7 Å². The predicted molar refractivity (Wildman–Crippen MR) is 77.4 cm³/mol. The maximum Gasteiger partial charge on any atom is 0.255 e. The number of halogens is 2. The molecule has 0 aliphatic carbocycles. The molecule has 1 unspecified atom stereocenters. The first-order chi connectivity index (χ1) is 9.02. The molecule has 1 aromatic rings. The average Bonchev–Trinajstić information content (AvgIpc) is 2.42. The topological polar surface area (TPSA) is 46.3 Å². The van der Waals surface area contributed by atoms with E-state index in [4.69, 9.17) is 5.73 Å². The number of amides is 1. The van der Waals surface area contributed by atoms with Gasteiger partial charge in [-0.15, -0.1) is 0 Å². The van der Waals surface area contributed by atoms with Crippen LogP contribution in [0.1, 0.15) is 36.5 Å². The lowest BCUT2D eigenvalue weighted by Gasteiger charge is -2.32. The van der Waals surface area contributed by atoms with Crippen LogP contribution in [0.3, 0.4) is 0 Å². The second-order valence-electron chi connectivity index (χ2n) is 5.02. The van der Waals surface area contributed by atoms with Gasteiger partial charge in [0.2, 0.25) is 0 Å². The number of nitrogens with zero attached hydrogens (tertiary/aromatic N) is 1. The van der Waals surface area contributed by atoms with Gasteiger partial charge >= 0.3 is 0 Å². The third kappa shape index (κ3) is 3.08. The van der Waals surface area contributed by atoms with E-state index in [1.54, 1.807) is 0 Å². The van der Waals surface area contributed by atoms with Gasteiger partial charge in [0.15, 0.2) is 0 Å². The largest absolute Gasteiger partial charge is 0.396 e. The van der Waals surface area contributed by atoms with Crippen molar-refractivity contribution in [3.8, 4) is 0 Å². The normalized spacial score (nSPS) is 19.5. The first-order valence-corrected chi connectivity index (χ1v) is 7.36. The van der Waals surface area contributed by atoms with Crippen molar-refractivity contribution in [1.29, 1.82) is 0 Å². The number of carbonyl (C=O) groups excluding carboxylic acids is 1. The molecule has 0 radical (unpaired) electrons. The Morgan fingerprint density at radius 1 is 1.58 bits per heavy atom. The van der Waals surface area contributed by atoms with E-state index in [9.17, 15) is 9.18 Å². The molecule has 1 heterocycles. The van der Waals surface area contributed by atoms with Gasteiger partial charge in [0.25, 0.3) is 5.91 Å². The summed E-state index contributed by atoms with van der Waals surface area (Å²) in [6, 6.07) is 2.67. The first-order valence-electron chi connectivity index (χ1n) is 6.56. The molecule has 1 aromatic carbocycles. The molecule has 1 aliphatic heterocycles. The molecule has 19 heavy (non-hydrogen) atoms. The minimum absolute atomic E-state index is 0.00982. The molecule has 2 N–H and O–H groups in total. The minimum atomic E-state index is -0.506. The molecule has 5 heteroatoms. The number of nitrogens with two attached hydrogens (primary N) is 1. The summed E-state index contributed by atoms with van der Waals surface area (Å²) in [5.74, 6) is -0.0144. The number of piperidine rings is 1. The lowest BCUT2D eigenvalue weighted by atomic mass is 9.95. The molecule has 1 saturated heterocycles. The van der Waals surface area contributed by atoms with Gasteiger partial charge in [-0.3, -0.25) is 4.79 Å². The fourth-order valence-corrected chi connectivity index (χ4v) is 2.97. The van der Waals surface area contributed by atoms with Crippen molar-refractivity contribution < 1.29 is 9.18 Å². The molecule has 1 atom stereocenters. The average molecular weight is 329 g/mol. The second-order valence-corrected chi connectivity index (χ2v) is 5.88. The van der Waals surface area contributed by atoms with Crippen LogP contribution in [-0.2, 0) is 0 Å². The van der Waals surface area contributed by atoms with Crippen LogP contribution in [0.25, 0.3) is 0 Å². The van der Waals surface area contributed by atoms with Crippen LogP contribution >= 0.6 is 15.9 Å². The number of rotatable bonds is 2. The summed E-state index contributed by atoms with van der Waals surface area (Å²) in [5.41, 5.74) is 5.99. The third-order valence-corrected chi connectivity index (χ3v) is 4.36. The molecule has 0 saturated carbocycles. The van der Waals surface area contributed by atoms with Gasteiger partial charge in [0.1, 0.15) is 5.82 Å². The van der Waals surface area contributed by atoms with Gasteiger partial charge in [0.05, 0.1) is 11.3 Å². The van der Waals surface area contributed by atoms with Gasteiger partial charge < -0.3 is 10.6 Å². The summed E-state index contributed by atoms with van der Waals surface area (Å²) in [5, 5.41) is 0. The first kappa shape index (κ1) is 14.3. The molecule has 104 valence electrons. The fraction of sp³-hybridized carbons (Fsp3) is 0.500. The maximum atomic E-state index is 13.3. The highest BCUT2D eigenvalue weighted by Crippen LogP contribution is 2.26. The van der Waals surface area contributed by atoms with Crippen molar-refractivity contribution >= 4 is 27.5 Å². The van der Waals surface area contributed by atoms with Crippen LogP contribution in [-0.4, -0.2) is 23.9 Å². The van der Waals surface area contributed by atoms with Gasteiger partial charge in [-0.1, -0.05) is 13.3 Å². The van der Waals surface area contributed by atoms with E-state index in [1.165, 1.54) is 18.6 Å². The summed E-state index contributed by atoms with van der Waals surface area (Å²) in [6.45, 7) is 3.68. The molecule has 0 spiro atoms. The van der Waals surface area contributed by atoms with E-state index in [0.717, 1.165) is 25.9 Å². The number of nitrogen functional groups attached to an aromatic ring is 1. The molecule has 0 bridgehead atoms. The van der Waals surface area contributed by atoms with Crippen molar-refractivity contribution in [2.24, 2.45) is 5.92 Å². The predicted octanol–water partition coefficient (Wildman–Crippen LogP) is 3.43. The van der Waals surface area contributed by atoms with Crippen molar-refractivity contribution in [1.82, 2.24) is 4.90 Å². The number of hydrogen-bond donors (Lipinski definition) is 1. The molecule has 0 aromatic heterocycles. The number of anilines is 1. The van der Waals surface area contributed by atoms with Crippen LogP contribution in [0.4, 0.5) is 10.1 Å². The Kier molecular flexibility index (Phi) is 4.45. The maximum absolute atomic E-state index is 13.3. The zero-order valence-electron chi connectivity index (χ0n) is 11.0. The van der Waals surface area contributed by atoms with E-state index in [2.05, 4.69) is 22.9 Å². The molecule has 2 rings (SSSR count). The van der Waals surface area contributed by atoms with E-state index in [0.29, 0.717) is 16.0 Å². The number of likely N-dealkylation sites (tertiary alicyclic amines) is 1. The highest BCUT2D eigenvalue weighted by atomic mass is 79.9. The lowest BCUT2D eigenvalue weighted by Crippen LogP contribution is -2.39. The van der Waals surface area contributed by atoms with Crippen LogP contribution in [0.15, 0.2) is 16.6 Å². The Hall–Kier alpha value is -1.10. The summed E-state index contributed by atoms with van der Waals surface area (Å²) in [6.07, 6.45) is 3.28. The Balaban J connectivity index is 2.22. The Labute approximate surface area is 121 Å². The second kappa shape index (κ2) is 5.90. The fourth-order valence-electron chi connectivity index (χ4n) is 2.48. The summed E-state index contributed by atoms with van der Waals surface area (Å²) < 4.78 is 13.8. The molecule has 3 nitrogen and oxygen atoms in total. The van der Waals surface area contributed by atoms with Crippen molar-refractivity contribution in [2.45, 2.75) is 26.2 Å². The molecular formula is C14H18BrFN2O. The van der Waals surface area contributed by atoms with E-state index >= 15 is 0 Å². The summed E-state index contributed by atoms with van der Waals surface area (Å²) in [4.78, 5) is 14.3. The summed E-state index contributed by atoms with van der Waals surface area (Å²) >= 11 is 3.24. The zero-order chi connectivity index (χ0) is 14.0. The monoisotopic (exact) mass is 328 g/mol. The molecule has 1 fully saturated rings. The van der Waals surface area contributed by atoms with Crippen molar-refractivity contribution in [2.75, 3.05) is 18.8 Å². The number of carbonyl (C=O) groups is 1. The Morgan fingerprint density at radius 3 is 3.00 bits per heavy atom. The zero-order valence-corrected chi connectivity index (χ0v) is 12.5. The lowest BCUT2D eigenvalue weighted by molar-refractivity contribution is 0.0670. The SMILES string of the molecule is CCC1CCCN(C(=O)c2cc(N)c(F)cc2Br)C1. The summed E-state index contributed by atoms with van der Waals surface area (Å²) in [7, 11) is 0. The van der Waals surface area contributed by atoms with Crippen molar-refractivity contribution in [3.05, 3.63) is 28.0 Å². The van der Waals surface area contributed by atoms with Crippen molar-refractivity contribution in [3.63, 3.8) is 0 Å². The number of hydrogen-bond acceptors (Lipinski definition) is 2. The van der Waals surface area contributed by atoms with E-state index in [-0.39, 0.29) is 11.6 Å². The van der Waals surface area contributed by atoms with E-state index < -0.39 is 5.82 Å². The molecule has 1 aliphatic rings. The van der Waals surface area contributed by atoms with Gasteiger partial charge in [-0.2, -0.15) is 0 Å². The van der Waals surface area contributed by atoms with Crippen LogP contribution in [0.2, 0.25) is 0 Å². The van der Waals surface area contributed by atoms with Gasteiger partial charge in [0, 0.05) is 17.6 Å². The highest BCUT2D eigenvalue weighted by molar-refractivity contribution is 9.10.